The average molecular weight is 414 g/mol. The molecule has 0 spiro atoms. The quantitative estimate of drug-likeness (QED) is 0.387. The predicted octanol–water partition coefficient (Wildman–Crippen LogP) is 2.57. The molecule has 0 saturated heterocycles. The minimum absolute atomic E-state index is 0. The highest BCUT2D eigenvalue weighted by molar-refractivity contribution is 14.0. The van der Waals surface area contributed by atoms with Gasteiger partial charge in [-0.1, -0.05) is 12.1 Å². The molecular weight excluding hydrogens is 391 g/mol. The molecule has 1 aromatic heterocycles. The van der Waals surface area contributed by atoms with Gasteiger partial charge in [-0.05, 0) is 36.8 Å². The van der Waals surface area contributed by atoms with Gasteiger partial charge in [-0.3, -0.25) is 0 Å². The van der Waals surface area contributed by atoms with E-state index in [2.05, 4.69) is 20.2 Å². The molecule has 1 aromatic carbocycles. The second-order valence-electron chi connectivity index (χ2n) is 4.71. The Morgan fingerprint density at radius 1 is 1.18 bits per heavy atom. The van der Waals surface area contributed by atoms with Crippen LogP contribution < -0.4 is 10.6 Å². The molecule has 120 valence electrons. The van der Waals surface area contributed by atoms with E-state index < -0.39 is 0 Å². The number of aromatic hydroxyl groups is 1. The standard InChI is InChI=1S/C16H22N4O.HI/c1-2-17-16(18-8-11-20-9-3-4-10-20)19-13-14-6-5-7-15(21)12-14;/h3-7,9-10,12,21H,2,8,11,13H2,1H3,(H2,17,18,19);1H. The first-order valence-corrected chi connectivity index (χ1v) is 7.19. The number of phenolic OH excluding ortho intramolecular Hbond substituents is 1. The fourth-order valence-electron chi connectivity index (χ4n) is 1.99. The molecule has 5 nitrogen and oxygen atoms in total. The number of aliphatic imine (C=N–C) groups is 1. The number of nitrogens with one attached hydrogen (secondary N) is 2. The summed E-state index contributed by atoms with van der Waals surface area (Å²) in [5.74, 6) is 1.06. The largest absolute Gasteiger partial charge is 0.508 e. The van der Waals surface area contributed by atoms with Crippen molar-refractivity contribution in [3.63, 3.8) is 0 Å². The molecule has 1 heterocycles. The van der Waals surface area contributed by atoms with Crippen LogP contribution in [-0.2, 0) is 13.1 Å². The molecule has 0 aliphatic carbocycles. The third-order valence-corrected chi connectivity index (χ3v) is 3.00. The van der Waals surface area contributed by atoms with Crippen LogP contribution in [0.4, 0.5) is 0 Å². The van der Waals surface area contributed by atoms with E-state index in [-0.39, 0.29) is 29.7 Å². The summed E-state index contributed by atoms with van der Waals surface area (Å²) in [6, 6.07) is 11.2. The average Bonchev–Trinajstić information content (AvgIpc) is 2.98. The Morgan fingerprint density at radius 2 is 1.95 bits per heavy atom. The molecule has 0 atom stereocenters. The zero-order valence-electron chi connectivity index (χ0n) is 12.7. The van der Waals surface area contributed by atoms with E-state index in [9.17, 15) is 5.11 Å². The van der Waals surface area contributed by atoms with Crippen molar-refractivity contribution in [2.24, 2.45) is 4.99 Å². The molecule has 0 amide bonds. The molecule has 2 rings (SSSR count). The highest BCUT2D eigenvalue weighted by Gasteiger charge is 1.98. The summed E-state index contributed by atoms with van der Waals surface area (Å²) in [4.78, 5) is 4.52. The van der Waals surface area contributed by atoms with Crippen LogP contribution in [0.15, 0.2) is 53.8 Å². The third kappa shape index (κ3) is 6.38. The predicted molar refractivity (Wildman–Crippen MR) is 101 cm³/mol. The number of guanidine groups is 1. The molecule has 0 fully saturated rings. The van der Waals surface area contributed by atoms with Crippen LogP contribution in [-0.4, -0.2) is 28.7 Å². The Hall–Kier alpha value is -1.70. The lowest BCUT2D eigenvalue weighted by atomic mass is 10.2. The third-order valence-electron chi connectivity index (χ3n) is 3.00. The van der Waals surface area contributed by atoms with Gasteiger partial charge in [0.2, 0.25) is 0 Å². The van der Waals surface area contributed by atoms with Gasteiger partial charge in [-0.15, -0.1) is 24.0 Å². The Morgan fingerprint density at radius 3 is 2.64 bits per heavy atom. The first kappa shape index (κ1) is 18.3. The summed E-state index contributed by atoms with van der Waals surface area (Å²) in [7, 11) is 0. The van der Waals surface area contributed by atoms with Crippen LogP contribution in [0.2, 0.25) is 0 Å². The number of aromatic nitrogens is 1. The maximum Gasteiger partial charge on any atom is 0.191 e. The summed E-state index contributed by atoms with van der Waals surface area (Å²) in [5, 5.41) is 16.0. The van der Waals surface area contributed by atoms with Crippen LogP contribution in [0, 0.1) is 0 Å². The van der Waals surface area contributed by atoms with E-state index >= 15 is 0 Å². The van der Waals surface area contributed by atoms with Gasteiger partial charge in [0, 0.05) is 32.0 Å². The normalized spacial score (nSPS) is 10.9. The van der Waals surface area contributed by atoms with Crippen LogP contribution in [0.5, 0.6) is 5.75 Å². The number of nitrogens with zero attached hydrogens (tertiary/aromatic N) is 2. The lowest BCUT2D eigenvalue weighted by Crippen LogP contribution is -2.38. The van der Waals surface area contributed by atoms with E-state index in [1.54, 1.807) is 12.1 Å². The number of benzene rings is 1. The number of rotatable bonds is 6. The maximum absolute atomic E-state index is 9.45. The van der Waals surface area contributed by atoms with E-state index in [0.29, 0.717) is 6.54 Å². The molecule has 3 N–H and O–H groups in total. The Kier molecular flexibility index (Phi) is 8.42. The van der Waals surface area contributed by atoms with Crippen molar-refractivity contribution in [3.05, 3.63) is 54.4 Å². The van der Waals surface area contributed by atoms with Crippen molar-refractivity contribution in [2.75, 3.05) is 13.1 Å². The minimum Gasteiger partial charge on any atom is -0.508 e. The van der Waals surface area contributed by atoms with E-state index in [1.807, 2.05) is 43.6 Å². The van der Waals surface area contributed by atoms with Gasteiger partial charge in [-0.2, -0.15) is 0 Å². The van der Waals surface area contributed by atoms with Gasteiger partial charge in [0.25, 0.3) is 0 Å². The van der Waals surface area contributed by atoms with Crippen molar-refractivity contribution >= 4 is 29.9 Å². The topological polar surface area (TPSA) is 61.6 Å². The molecule has 0 saturated carbocycles. The van der Waals surface area contributed by atoms with Gasteiger partial charge in [0.15, 0.2) is 5.96 Å². The zero-order valence-corrected chi connectivity index (χ0v) is 15.0. The molecule has 0 radical (unpaired) electrons. The summed E-state index contributed by atoms with van der Waals surface area (Å²) < 4.78 is 2.12. The van der Waals surface area contributed by atoms with Crippen LogP contribution in [0.25, 0.3) is 0 Å². The smallest absolute Gasteiger partial charge is 0.191 e. The van der Waals surface area contributed by atoms with E-state index in [0.717, 1.165) is 31.2 Å². The van der Waals surface area contributed by atoms with Crippen LogP contribution in [0.3, 0.4) is 0 Å². The van der Waals surface area contributed by atoms with Crippen molar-refractivity contribution in [1.29, 1.82) is 0 Å². The van der Waals surface area contributed by atoms with Crippen molar-refractivity contribution in [3.8, 4) is 5.75 Å². The number of phenols is 1. The summed E-state index contributed by atoms with van der Waals surface area (Å²) in [6.45, 7) is 5.09. The minimum atomic E-state index is 0. The summed E-state index contributed by atoms with van der Waals surface area (Å²) in [6.07, 6.45) is 4.08. The first-order valence-electron chi connectivity index (χ1n) is 7.19. The second kappa shape index (κ2) is 10.1. The maximum atomic E-state index is 9.45. The van der Waals surface area contributed by atoms with Crippen molar-refractivity contribution in [1.82, 2.24) is 15.2 Å². The second-order valence-corrected chi connectivity index (χ2v) is 4.71. The van der Waals surface area contributed by atoms with Crippen molar-refractivity contribution < 1.29 is 5.11 Å². The Bertz CT molecular complexity index is 569. The fourth-order valence-corrected chi connectivity index (χ4v) is 1.99. The molecule has 0 unspecified atom stereocenters. The highest BCUT2D eigenvalue weighted by atomic mass is 127. The Balaban J connectivity index is 0.00000242. The molecule has 0 aliphatic heterocycles. The van der Waals surface area contributed by atoms with E-state index in [1.165, 1.54) is 0 Å². The lowest BCUT2D eigenvalue weighted by molar-refractivity contribution is 0.474. The summed E-state index contributed by atoms with van der Waals surface area (Å²) >= 11 is 0. The molecule has 22 heavy (non-hydrogen) atoms. The van der Waals surface area contributed by atoms with Gasteiger partial charge in [0.1, 0.15) is 5.75 Å². The number of hydrogen-bond acceptors (Lipinski definition) is 2. The summed E-state index contributed by atoms with van der Waals surface area (Å²) in [5.41, 5.74) is 0.984. The monoisotopic (exact) mass is 414 g/mol. The molecule has 0 aliphatic rings. The SMILES string of the molecule is CCNC(=NCc1cccc(O)c1)NCCn1cccc1.I. The molecule has 2 aromatic rings. The van der Waals surface area contributed by atoms with Gasteiger partial charge in [0.05, 0.1) is 6.54 Å². The molecule has 0 bridgehead atoms. The zero-order chi connectivity index (χ0) is 14.9. The molecular formula is C16H23IN4O. The van der Waals surface area contributed by atoms with Gasteiger partial charge in [-0.25, -0.2) is 4.99 Å². The van der Waals surface area contributed by atoms with Crippen LogP contribution in [0.1, 0.15) is 12.5 Å². The number of hydrogen-bond donors (Lipinski definition) is 3. The van der Waals surface area contributed by atoms with Gasteiger partial charge >= 0.3 is 0 Å². The van der Waals surface area contributed by atoms with Crippen LogP contribution >= 0.6 is 24.0 Å². The fraction of sp³-hybridized carbons (Fsp3) is 0.312. The lowest BCUT2D eigenvalue weighted by Gasteiger charge is -2.11. The molecule has 6 heteroatoms. The van der Waals surface area contributed by atoms with Crippen molar-refractivity contribution in [2.45, 2.75) is 20.0 Å². The highest BCUT2D eigenvalue weighted by Crippen LogP contribution is 2.11. The van der Waals surface area contributed by atoms with E-state index in [4.69, 9.17) is 0 Å². The Labute approximate surface area is 148 Å². The first-order chi connectivity index (χ1) is 10.3. The number of halogens is 1. The van der Waals surface area contributed by atoms with Gasteiger partial charge < -0.3 is 20.3 Å².